The number of ether oxygens (including phenoxy) is 2. The van der Waals surface area contributed by atoms with Crippen molar-refractivity contribution in [2.45, 2.75) is 0 Å². The minimum absolute atomic E-state index is 0.0607. The predicted molar refractivity (Wildman–Crippen MR) is 89.1 cm³/mol. The fraction of sp³-hybridized carbons (Fsp3) is 0.111. The maximum Gasteiger partial charge on any atom is 0.269 e. The maximum absolute atomic E-state index is 10.8. The van der Waals surface area contributed by atoms with Crippen LogP contribution < -0.4 is 9.47 Å². The Bertz CT molecular complexity index is 867. The standard InChI is InChI=1S/C18H15NO4/c1-22-15-9-5-12-6-10-17(23-2)18(16(12)11-15)13-3-7-14(8-4-13)19(20)21/h3-11H,1-2H3. The molecule has 0 saturated carbocycles. The summed E-state index contributed by atoms with van der Waals surface area (Å²) in [6.45, 7) is 0. The molecule has 116 valence electrons. The first kappa shape index (κ1) is 14.8. The van der Waals surface area contributed by atoms with E-state index in [9.17, 15) is 10.1 Å². The van der Waals surface area contributed by atoms with Crippen molar-refractivity contribution >= 4 is 16.5 Å². The molecule has 23 heavy (non-hydrogen) atoms. The molecule has 0 atom stereocenters. The van der Waals surface area contributed by atoms with E-state index in [0.717, 1.165) is 27.6 Å². The van der Waals surface area contributed by atoms with Crippen LogP contribution in [0.15, 0.2) is 54.6 Å². The van der Waals surface area contributed by atoms with Crippen LogP contribution in [-0.2, 0) is 0 Å². The largest absolute Gasteiger partial charge is 0.497 e. The molecule has 3 aromatic carbocycles. The van der Waals surface area contributed by atoms with Gasteiger partial charge in [-0.05, 0) is 46.7 Å². The normalized spacial score (nSPS) is 10.5. The Morgan fingerprint density at radius 1 is 0.913 bits per heavy atom. The highest BCUT2D eigenvalue weighted by Crippen LogP contribution is 2.38. The average Bonchev–Trinajstić information content (AvgIpc) is 2.60. The number of fused-ring (bicyclic) bond motifs is 1. The average molecular weight is 309 g/mol. The van der Waals surface area contributed by atoms with E-state index in [1.54, 1.807) is 26.4 Å². The van der Waals surface area contributed by atoms with Gasteiger partial charge >= 0.3 is 0 Å². The third-order valence-corrected chi connectivity index (χ3v) is 3.78. The van der Waals surface area contributed by atoms with Crippen LogP contribution in [0, 0.1) is 10.1 Å². The number of nitro benzene ring substituents is 1. The molecule has 0 radical (unpaired) electrons. The Hall–Kier alpha value is -3.08. The molecule has 0 aliphatic heterocycles. The van der Waals surface area contributed by atoms with Crippen molar-refractivity contribution in [3.8, 4) is 22.6 Å². The van der Waals surface area contributed by atoms with E-state index in [-0.39, 0.29) is 5.69 Å². The molecule has 5 nitrogen and oxygen atoms in total. The lowest BCUT2D eigenvalue weighted by Crippen LogP contribution is -1.92. The second-order valence-electron chi connectivity index (χ2n) is 5.03. The zero-order valence-corrected chi connectivity index (χ0v) is 12.8. The van der Waals surface area contributed by atoms with Crippen LogP contribution in [0.25, 0.3) is 21.9 Å². The molecule has 0 spiro atoms. The monoisotopic (exact) mass is 309 g/mol. The van der Waals surface area contributed by atoms with Gasteiger partial charge in [0.1, 0.15) is 11.5 Å². The van der Waals surface area contributed by atoms with Crippen LogP contribution in [0.5, 0.6) is 11.5 Å². The third kappa shape index (κ3) is 2.68. The maximum atomic E-state index is 10.8. The van der Waals surface area contributed by atoms with Gasteiger partial charge in [-0.25, -0.2) is 0 Å². The van der Waals surface area contributed by atoms with Gasteiger partial charge in [-0.3, -0.25) is 10.1 Å². The summed E-state index contributed by atoms with van der Waals surface area (Å²) in [5.74, 6) is 1.45. The van der Waals surface area contributed by atoms with Crippen LogP contribution in [-0.4, -0.2) is 19.1 Å². The number of nitrogens with zero attached hydrogens (tertiary/aromatic N) is 1. The summed E-state index contributed by atoms with van der Waals surface area (Å²) in [6.07, 6.45) is 0. The zero-order valence-electron chi connectivity index (χ0n) is 12.8. The Kier molecular flexibility index (Phi) is 3.85. The van der Waals surface area contributed by atoms with Gasteiger partial charge in [-0.2, -0.15) is 0 Å². The van der Waals surface area contributed by atoms with Crippen LogP contribution in [0.3, 0.4) is 0 Å². The third-order valence-electron chi connectivity index (χ3n) is 3.78. The Morgan fingerprint density at radius 2 is 1.61 bits per heavy atom. The van der Waals surface area contributed by atoms with Crippen molar-refractivity contribution in [2.75, 3.05) is 14.2 Å². The van der Waals surface area contributed by atoms with Crippen LogP contribution in [0.1, 0.15) is 0 Å². The van der Waals surface area contributed by atoms with Gasteiger partial charge in [-0.1, -0.05) is 12.1 Å². The van der Waals surface area contributed by atoms with Crippen molar-refractivity contribution < 1.29 is 14.4 Å². The lowest BCUT2D eigenvalue weighted by Gasteiger charge is -2.13. The number of rotatable bonds is 4. The first-order valence-electron chi connectivity index (χ1n) is 7.03. The fourth-order valence-electron chi connectivity index (χ4n) is 2.62. The molecule has 5 heteroatoms. The van der Waals surface area contributed by atoms with Gasteiger partial charge in [0.2, 0.25) is 0 Å². The molecular formula is C18H15NO4. The van der Waals surface area contributed by atoms with Gasteiger partial charge in [0.05, 0.1) is 19.1 Å². The minimum atomic E-state index is -0.410. The smallest absolute Gasteiger partial charge is 0.269 e. The first-order valence-corrected chi connectivity index (χ1v) is 7.03. The van der Waals surface area contributed by atoms with E-state index in [0.29, 0.717) is 5.75 Å². The predicted octanol–water partition coefficient (Wildman–Crippen LogP) is 4.43. The zero-order chi connectivity index (χ0) is 16.4. The molecule has 3 rings (SSSR count). The van der Waals surface area contributed by atoms with E-state index in [1.165, 1.54) is 12.1 Å². The first-order chi connectivity index (χ1) is 11.1. The molecule has 0 bridgehead atoms. The van der Waals surface area contributed by atoms with E-state index in [2.05, 4.69) is 0 Å². The molecule has 0 fully saturated rings. The molecular weight excluding hydrogens is 294 g/mol. The van der Waals surface area contributed by atoms with Gasteiger partial charge < -0.3 is 9.47 Å². The van der Waals surface area contributed by atoms with Crippen molar-refractivity contribution in [2.24, 2.45) is 0 Å². The number of hydrogen-bond acceptors (Lipinski definition) is 4. The lowest BCUT2D eigenvalue weighted by atomic mass is 9.96. The quantitative estimate of drug-likeness (QED) is 0.528. The number of methoxy groups -OCH3 is 2. The highest BCUT2D eigenvalue weighted by molar-refractivity contribution is 6.00. The summed E-state index contributed by atoms with van der Waals surface area (Å²) in [4.78, 5) is 10.4. The van der Waals surface area contributed by atoms with Crippen LogP contribution >= 0.6 is 0 Å². The number of hydrogen-bond donors (Lipinski definition) is 0. The fourth-order valence-corrected chi connectivity index (χ4v) is 2.62. The summed E-state index contributed by atoms with van der Waals surface area (Å²) < 4.78 is 10.8. The number of nitro groups is 1. The second kappa shape index (κ2) is 5.96. The summed E-state index contributed by atoms with van der Waals surface area (Å²) in [5.41, 5.74) is 1.80. The summed E-state index contributed by atoms with van der Waals surface area (Å²) in [7, 11) is 3.23. The molecule has 0 aliphatic carbocycles. The summed E-state index contributed by atoms with van der Waals surface area (Å²) >= 11 is 0. The summed E-state index contributed by atoms with van der Waals surface area (Å²) in [6, 6.07) is 16.1. The van der Waals surface area contributed by atoms with Crippen molar-refractivity contribution in [3.63, 3.8) is 0 Å². The molecule has 0 amide bonds. The molecule has 0 heterocycles. The van der Waals surface area contributed by atoms with E-state index in [1.807, 2.05) is 30.3 Å². The molecule has 0 saturated heterocycles. The van der Waals surface area contributed by atoms with Crippen molar-refractivity contribution in [1.82, 2.24) is 0 Å². The van der Waals surface area contributed by atoms with Crippen LogP contribution in [0.4, 0.5) is 5.69 Å². The summed E-state index contributed by atoms with van der Waals surface area (Å²) in [5, 5.41) is 12.8. The molecule has 0 aliphatic rings. The highest BCUT2D eigenvalue weighted by Gasteiger charge is 2.13. The number of non-ortho nitro benzene ring substituents is 1. The van der Waals surface area contributed by atoms with Crippen molar-refractivity contribution in [3.05, 3.63) is 64.7 Å². The molecule has 0 unspecified atom stereocenters. The Morgan fingerprint density at radius 3 is 2.22 bits per heavy atom. The highest BCUT2D eigenvalue weighted by atomic mass is 16.6. The SMILES string of the molecule is COc1ccc2ccc(OC)c(-c3ccc([N+](=O)[O-])cc3)c2c1. The van der Waals surface area contributed by atoms with Gasteiger partial charge in [0, 0.05) is 17.7 Å². The lowest BCUT2D eigenvalue weighted by molar-refractivity contribution is -0.384. The Balaban J connectivity index is 2.26. The van der Waals surface area contributed by atoms with E-state index < -0.39 is 4.92 Å². The minimum Gasteiger partial charge on any atom is -0.497 e. The number of benzene rings is 3. The van der Waals surface area contributed by atoms with Gasteiger partial charge in [0.25, 0.3) is 5.69 Å². The second-order valence-corrected chi connectivity index (χ2v) is 5.03. The van der Waals surface area contributed by atoms with Crippen molar-refractivity contribution in [1.29, 1.82) is 0 Å². The molecule has 0 aromatic heterocycles. The van der Waals surface area contributed by atoms with Gasteiger partial charge in [0.15, 0.2) is 0 Å². The molecule has 0 N–H and O–H groups in total. The van der Waals surface area contributed by atoms with E-state index in [4.69, 9.17) is 9.47 Å². The van der Waals surface area contributed by atoms with Gasteiger partial charge in [-0.15, -0.1) is 0 Å². The topological polar surface area (TPSA) is 61.6 Å². The van der Waals surface area contributed by atoms with Crippen LogP contribution in [0.2, 0.25) is 0 Å². The van der Waals surface area contributed by atoms with E-state index >= 15 is 0 Å². The molecule has 3 aromatic rings. The Labute approximate surface area is 133 Å².